The van der Waals surface area contributed by atoms with E-state index in [4.69, 9.17) is 14.6 Å². The average molecular weight is 754 g/mol. The van der Waals surface area contributed by atoms with Gasteiger partial charge in [-0.05, 0) is 104 Å². The Kier molecular flexibility index (Phi) is 7.31. The highest BCUT2D eigenvalue weighted by atomic mass is 16.3. The maximum atomic E-state index is 11.5. The number of nitrogens with zero attached hydrogens (tertiary/aromatic N) is 3. The van der Waals surface area contributed by atoms with Crippen molar-refractivity contribution in [1.29, 1.82) is 0 Å². The zero-order valence-electron chi connectivity index (χ0n) is 41.7. The quantitative estimate of drug-likeness (QED) is 0.176. The van der Waals surface area contributed by atoms with E-state index in [2.05, 4.69) is 101 Å². The predicted octanol–water partition coefficient (Wildman–Crippen LogP) is 14.1. The number of aromatic nitrogens is 3. The Bertz CT molecular complexity index is 3170. The van der Waals surface area contributed by atoms with E-state index in [1.807, 2.05) is 60.7 Å². The summed E-state index contributed by atoms with van der Waals surface area (Å²) in [7, 11) is 0. The monoisotopic (exact) mass is 753 g/mol. The molecule has 0 unspecified atom stereocenters. The third kappa shape index (κ3) is 7.06. The Labute approximate surface area is 348 Å². The Morgan fingerprint density at radius 1 is 0.579 bits per heavy atom. The van der Waals surface area contributed by atoms with E-state index in [9.17, 15) is 6.48 Å². The van der Waals surface area contributed by atoms with Crippen LogP contribution in [0.2, 0.25) is 0 Å². The number of imidazole rings is 1. The molecule has 0 bridgehead atoms. The van der Waals surface area contributed by atoms with Crippen LogP contribution in [0.5, 0.6) is 5.75 Å². The fourth-order valence-electron chi connectivity index (χ4n) is 7.13. The lowest BCUT2D eigenvalue weighted by molar-refractivity contribution is 0.225. The van der Waals surface area contributed by atoms with Gasteiger partial charge in [0.05, 0.1) is 38.9 Å². The van der Waals surface area contributed by atoms with Crippen LogP contribution in [0.4, 0.5) is 0 Å². The van der Waals surface area contributed by atoms with Crippen LogP contribution in [-0.4, -0.2) is 19.6 Å². The minimum Gasteiger partial charge on any atom is -0.507 e. The van der Waals surface area contributed by atoms with Gasteiger partial charge < -0.3 is 5.11 Å². The summed E-state index contributed by atoms with van der Waals surface area (Å²) in [5, 5.41) is 11.5. The molecule has 8 aromatic rings. The first kappa shape index (κ1) is 29.0. The largest absolute Gasteiger partial charge is 0.507 e. The Hall–Kier alpha value is -6.26. The van der Waals surface area contributed by atoms with Crippen molar-refractivity contribution >= 4 is 11.0 Å². The molecule has 284 valence electrons. The first-order chi connectivity index (χ1) is 30.5. The summed E-state index contributed by atoms with van der Waals surface area (Å²) < 4.78 is 71.3. The van der Waals surface area contributed by atoms with Crippen molar-refractivity contribution in [3.63, 3.8) is 0 Å². The van der Waals surface area contributed by atoms with E-state index in [1.54, 1.807) is 12.1 Å². The zero-order chi connectivity index (χ0) is 47.1. The van der Waals surface area contributed by atoms with Crippen LogP contribution in [-0.2, 0) is 10.8 Å². The highest BCUT2D eigenvalue weighted by Crippen LogP contribution is 2.45. The van der Waals surface area contributed by atoms with Crippen molar-refractivity contribution in [1.82, 2.24) is 14.5 Å². The van der Waals surface area contributed by atoms with Crippen molar-refractivity contribution < 1.29 is 16.1 Å². The third-order valence-corrected chi connectivity index (χ3v) is 11.5. The number of phenols is 1. The van der Waals surface area contributed by atoms with Gasteiger partial charge in [-0.3, -0.25) is 9.55 Å². The maximum Gasteiger partial charge on any atom is 0.149 e. The lowest BCUT2D eigenvalue weighted by Gasteiger charge is -2.40. The van der Waals surface area contributed by atoms with Crippen molar-refractivity contribution in [2.45, 2.75) is 66.2 Å². The van der Waals surface area contributed by atoms with E-state index in [1.165, 1.54) is 5.56 Å². The summed E-state index contributed by atoms with van der Waals surface area (Å²) in [5.41, 5.74) is 7.57. The fraction of sp³-hybridized carbons (Fsp3) is 0.208. The molecule has 0 atom stereocenters. The highest BCUT2D eigenvalue weighted by Gasteiger charge is 2.35. The molecular weight excluding hydrogens is 695 g/mol. The van der Waals surface area contributed by atoms with Crippen LogP contribution in [0.25, 0.3) is 72.7 Å². The minimum absolute atomic E-state index is 0.0264. The lowest BCUT2D eigenvalue weighted by atomic mass is 9.65. The van der Waals surface area contributed by atoms with Gasteiger partial charge in [0.1, 0.15) is 11.6 Å². The second kappa shape index (κ2) is 14.4. The number of fused-ring (bicyclic) bond motifs is 1. The molecule has 4 nitrogen and oxygen atoms in total. The second-order valence-corrected chi connectivity index (χ2v) is 17.2. The van der Waals surface area contributed by atoms with Crippen LogP contribution in [0.15, 0.2) is 158 Å². The predicted molar refractivity (Wildman–Crippen MR) is 239 cm³/mol. The van der Waals surface area contributed by atoms with Gasteiger partial charge in [0.25, 0.3) is 0 Å². The summed E-state index contributed by atoms with van der Waals surface area (Å²) in [6, 6.07) is 32.0. The van der Waals surface area contributed by atoms with Crippen LogP contribution < -0.4 is 0 Å². The molecule has 0 aliphatic carbocycles. The fourth-order valence-corrected chi connectivity index (χ4v) is 7.13. The molecule has 0 radical (unpaired) electrons. The van der Waals surface area contributed by atoms with Crippen molar-refractivity contribution in [3.8, 4) is 67.5 Å². The molecule has 6 aromatic carbocycles. The standard InChI is InChI=1S/C53H51N3O/c1-51(2,3)41-31-38(30-39(32-41)45-33-37(28-29-54-45)35-18-11-9-12-19-35)42-23-17-24-47-49(42)55-50(43-22-15-16-25-48(43)57)56(47)46-27-26-40(53(7,8)52(4,5)6)34-44(46)36-20-13-10-14-21-36/h9-34,57H,1-8H3/i9D,11D,12D,18D,19D,28D,29D,33D. The Morgan fingerprint density at radius 2 is 1.28 bits per heavy atom. The number of para-hydroxylation sites is 2. The smallest absolute Gasteiger partial charge is 0.149 e. The molecule has 0 aliphatic rings. The molecule has 57 heavy (non-hydrogen) atoms. The number of phenolic OH excluding ortho intramolecular Hbond substituents is 1. The topological polar surface area (TPSA) is 50.9 Å². The Balaban J connectivity index is 1.43. The van der Waals surface area contributed by atoms with Crippen LogP contribution >= 0.6 is 0 Å². The molecule has 0 spiro atoms. The van der Waals surface area contributed by atoms with Crippen molar-refractivity contribution in [3.05, 3.63) is 169 Å². The van der Waals surface area contributed by atoms with E-state index in [0.717, 1.165) is 39.0 Å². The van der Waals surface area contributed by atoms with Crippen LogP contribution in [0.1, 0.15) is 77.5 Å². The normalized spacial score (nSPS) is 14.2. The highest BCUT2D eigenvalue weighted by molar-refractivity contribution is 5.97. The van der Waals surface area contributed by atoms with Gasteiger partial charge in [-0.15, -0.1) is 0 Å². The minimum atomic E-state index is -0.599. The van der Waals surface area contributed by atoms with Gasteiger partial charge in [0.15, 0.2) is 0 Å². The number of hydrogen-bond acceptors (Lipinski definition) is 3. The summed E-state index contributed by atoms with van der Waals surface area (Å²) in [6.45, 7) is 17.5. The molecule has 0 fully saturated rings. The van der Waals surface area contributed by atoms with Crippen LogP contribution in [0.3, 0.4) is 0 Å². The van der Waals surface area contributed by atoms with Gasteiger partial charge in [0, 0.05) is 22.9 Å². The molecular formula is C53H51N3O. The summed E-state index contributed by atoms with van der Waals surface area (Å²) in [4.78, 5) is 9.83. The van der Waals surface area contributed by atoms with Gasteiger partial charge in [-0.25, -0.2) is 4.98 Å². The maximum absolute atomic E-state index is 11.5. The summed E-state index contributed by atoms with van der Waals surface area (Å²) >= 11 is 0. The molecule has 2 heterocycles. The van der Waals surface area contributed by atoms with E-state index >= 15 is 0 Å². The van der Waals surface area contributed by atoms with Crippen molar-refractivity contribution in [2.24, 2.45) is 5.41 Å². The van der Waals surface area contributed by atoms with Crippen molar-refractivity contribution in [2.75, 3.05) is 0 Å². The number of pyridine rings is 1. The van der Waals surface area contributed by atoms with Gasteiger partial charge in [-0.1, -0.05) is 152 Å². The first-order valence-corrected chi connectivity index (χ1v) is 19.2. The number of aromatic hydroxyl groups is 1. The SMILES string of the molecule is [2H]c1nc(-c2cc(-c3cccc4c3nc(-c3ccccc3O)n4-c3ccc(C(C)(C)C(C)(C)C)cc3-c3ccccc3)cc(C(C)(C)C)c2)c([2H])c(-c2c([2H])c([2H])c([2H])c([2H])c2[2H])c1[2H]. The number of rotatable bonds is 7. The molecule has 4 heteroatoms. The Morgan fingerprint density at radius 3 is 2.00 bits per heavy atom. The van der Waals surface area contributed by atoms with E-state index in [-0.39, 0.29) is 39.4 Å². The van der Waals surface area contributed by atoms with E-state index in [0.29, 0.717) is 22.5 Å². The van der Waals surface area contributed by atoms with Crippen LogP contribution in [0, 0.1) is 5.41 Å². The van der Waals surface area contributed by atoms with Gasteiger partial charge in [-0.2, -0.15) is 0 Å². The number of benzene rings is 6. The molecule has 0 aliphatic heterocycles. The second-order valence-electron chi connectivity index (χ2n) is 17.2. The lowest BCUT2D eigenvalue weighted by Crippen LogP contribution is -2.34. The molecule has 0 amide bonds. The van der Waals surface area contributed by atoms with E-state index < -0.39 is 47.8 Å². The molecule has 1 N–H and O–H groups in total. The molecule has 0 saturated carbocycles. The first-order valence-electron chi connectivity index (χ1n) is 23.2. The van der Waals surface area contributed by atoms with Gasteiger partial charge in [0.2, 0.25) is 0 Å². The van der Waals surface area contributed by atoms with Gasteiger partial charge >= 0.3 is 0 Å². The average Bonchev–Trinajstić information content (AvgIpc) is 3.66. The number of hydrogen-bond donors (Lipinski definition) is 1. The summed E-state index contributed by atoms with van der Waals surface area (Å²) in [6.07, 6.45) is -0.500. The molecule has 8 rings (SSSR count). The summed E-state index contributed by atoms with van der Waals surface area (Å²) in [5.74, 6) is 0.600. The molecule has 0 saturated heterocycles. The zero-order valence-corrected chi connectivity index (χ0v) is 33.7. The molecule has 2 aromatic heterocycles. The third-order valence-electron chi connectivity index (χ3n) is 11.5.